The molecule has 2 heterocycles. The minimum absolute atomic E-state index is 0.172. The molecule has 0 N–H and O–H groups in total. The first-order valence-corrected chi connectivity index (χ1v) is 9.85. The van der Waals surface area contributed by atoms with Crippen LogP contribution in [0.1, 0.15) is 27.2 Å². The average molecular weight is 410 g/mol. The van der Waals surface area contributed by atoms with Crippen molar-refractivity contribution in [3.05, 3.63) is 112 Å². The molecule has 0 amide bonds. The van der Waals surface area contributed by atoms with Crippen LogP contribution in [0, 0.1) is 0 Å². The van der Waals surface area contributed by atoms with Crippen LogP contribution in [-0.2, 0) is 6.42 Å². The number of carbonyl (C=O) groups is 1. The van der Waals surface area contributed by atoms with Crippen LogP contribution < -0.4 is 10.4 Å². The fourth-order valence-corrected chi connectivity index (χ4v) is 3.79. The Morgan fingerprint density at radius 2 is 1.58 bits per heavy atom. The number of rotatable bonds is 5. The second-order valence-corrected chi connectivity index (χ2v) is 7.21. The first-order chi connectivity index (χ1) is 15.2. The van der Waals surface area contributed by atoms with Crippen LogP contribution in [0.4, 0.5) is 0 Å². The van der Waals surface area contributed by atoms with Gasteiger partial charge in [-0.3, -0.25) is 4.79 Å². The molecular weight excluding hydrogens is 392 g/mol. The molecule has 0 atom stereocenters. The largest absolute Gasteiger partial charge is 0.497 e. The predicted octanol–water partition coefficient (Wildman–Crippen LogP) is 5.37. The molecule has 0 bridgehead atoms. The summed E-state index contributed by atoms with van der Waals surface area (Å²) in [5.74, 6) is 0.782. The Morgan fingerprint density at radius 3 is 2.32 bits per heavy atom. The highest BCUT2D eigenvalue weighted by Gasteiger charge is 2.26. The number of hydrogen-bond acceptors (Lipinski definition) is 5. The Balaban J connectivity index is 1.77. The molecule has 5 heteroatoms. The standard InChI is InChI=1S/C26H18O5/c1-29-18-13-11-17(12-14-18)24(27)22-21(15-16-7-3-2-4-8-16)30-25-19-9-5-6-10-20(19)31-26(28)23(22)25/h2-14H,15H2,1H3. The fourth-order valence-electron chi connectivity index (χ4n) is 3.79. The van der Waals surface area contributed by atoms with Gasteiger partial charge in [0, 0.05) is 12.0 Å². The van der Waals surface area contributed by atoms with E-state index < -0.39 is 5.63 Å². The summed E-state index contributed by atoms with van der Waals surface area (Å²) in [6.45, 7) is 0. The van der Waals surface area contributed by atoms with E-state index in [9.17, 15) is 9.59 Å². The Labute approximate surface area is 177 Å². The summed E-state index contributed by atoms with van der Waals surface area (Å²) < 4.78 is 16.9. The van der Waals surface area contributed by atoms with Crippen molar-refractivity contribution in [1.82, 2.24) is 0 Å². The van der Waals surface area contributed by atoms with Gasteiger partial charge < -0.3 is 13.6 Å². The van der Waals surface area contributed by atoms with Crippen molar-refractivity contribution in [2.75, 3.05) is 7.11 Å². The lowest BCUT2D eigenvalue weighted by atomic mass is 9.97. The number of hydrogen-bond donors (Lipinski definition) is 0. The zero-order valence-electron chi connectivity index (χ0n) is 16.8. The first-order valence-electron chi connectivity index (χ1n) is 9.85. The maximum Gasteiger partial charge on any atom is 0.348 e. The lowest BCUT2D eigenvalue weighted by Gasteiger charge is -2.05. The molecule has 31 heavy (non-hydrogen) atoms. The van der Waals surface area contributed by atoms with E-state index in [1.165, 1.54) is 0 Å². The van der Waals surface area contributed by atoms with Crippen LogP contribution in [0.3, 0.4) is 0 Å². The Hall–Kier alpha value is -4.12. The first kappa shape index (κ1) is 18.9. The van der Waals surface area contributed by atoms with Gasteiger partial charge in [-0.25, -0.2) is 4.79 Å². The van der Waals surface area contributed by atoms with Gasteiger partial charge in [0.25, 0.3) is 0 Å². The van der Waals surface area contributed by atoms with E-state index in [4.69, 9.17) is 13.6 Å². The van der Waals surface area contributed by atoms with Gasteiger partial charge in [0.1, 0.15) is 22.5 Å². The monoisotopic (exact) mass is 410 g/mol. The molecule has 152 valence electrons. The van der Waals surface area contributed by atoms with Crippen LogP contribution in [-0.4, -0.2) is 12.9 Å². The predicted molar refractivity (Wildman–Crippen MR) is 118 cm³/mol. The zero-order chi connectivity index (χ0) is 21.4. The average Bonchev–Trinajstić information content (AvgIpc) is 3.19. The van der Waals surface area contributed by atoms with Gasteiger partial charge in [0.05, 0.1) is 18.1 Å². The Morgan fingerprint density at radius 1 is 0.871 bits per heavy atom. The molecule has 0 fully saturated rings. The van der Waals surface area contributed by atoms with Crippen LogP contribution in [0.15, 0.2) is 92.5 Å². The summed E-state index contributed by atoms with van der Waals surface area (Å²) in [6, 6.07) is 23.6. The third-order valence-corrected chi connectivity index (χ3v) is 5.31. The summed E-state index contributed by atoms with van der Waals surface area (Å²) in [6.07, 6.45) is 0.376. The van der Waals surface area contributed by atoms with Gasteiger partial charge in [-0.15, -0.1) is 0 Å². The molecule has 3 aromatic carbocycles. The van der Waals surface area contributed by atoms with E-state index >= 15 is 0 Å². The third kappa shape index (κ3) is 3.30. The molecule has 0 saturated heterocycles. The summed E-state index contributed by atoms with van der Waals surface area (Å²) >= 11 is 0. The van der Waals surface area contributed by atoms with Crippen LogP contribution in [0.25, 0.3) is 21.9 Å². The quantitative estimate of drug-likeness (QED) is 0.288. The molecular formula is C26H18O5. The van der Waals surface area contributed by atoms with Crippen molar-refractivity contribution in [2.45, 2.75) is 6.42 Å². The second-order valence-electron chi connectivity index (χ2n) is 7.21. The van der Waals surface area contributed by atoms with Crippen molar-refractivity contribution in [2.24, 2.45) is 0 Å². The maximum atomic E-state index is 13.5. The van der Waals surface area contributed by atoms with Crippen LogP contribution in [0.2, 0.25) is 0 Å². The number of carbonyl (C=O) groups excluding carboxylic acids is 1. The summed E-state index contributed by atoms with van der Waals surface area (Å²) in [7, 11) is 1.56. The number of ketones is 1. The van der Waals surface area contributed by atoms with E-state index in [1.54, 1.807) is 43.5 Å². The minimum atomic E-state index is -0.589. The number of methoxy groups -OCH3 is 1. The van der Waals surface area contributed by atoms with Crippen LogP contribution in [0.5, 0.6) is 5.75 Å². The number of ether oxygens (including phenoxy) is 1. The smallest absolute Gasteiger partial charge is 0.348 e. The number of fused-ring (bicyclic) bond motifs is 3. The van der Waals surface area contributed by atoms with Crippen molar-refractivity contribution < 1.29 is 18.4 Å². The molecule has 0 aliphatic rings. The van der Waals surface area contributed by atoms with Crippen molar-refractivity contribution in [3.63, 3.8) is 0 Å². The lowest BCUT2D eigenvalue weighted by Crippen LogP contribution is -2.09. The number of furan rings is 1. The van der Waals surface area contributed by atoms with Crippen molar-refractivity contribution in [3.8, 4) is 5.75 Å². The van der Waals surface area contributed by atoms with E-state index in [0.29, 0.717) is 40.0 Å². The van der Waals surface area contributed by atoms with Crippen molar-refractivity contribution in [1.29, 1.82) is 0 Å². The molecule has 0 unspecified atom stereocenters. The number of benzene rings is 3. The van der Waals surface area contributed by atoms with Gasteiger partial charge >= 0.3 is 5.63 Å². The van der Waals surface area contributed by atoms with Crippen LogP contribution >= 0.6 is 0 Å². The SMILES string of the molecule is COc1ccc(C(=O)c2c(Cc3ccccc3)oc3c2c(=O)oc2ccccc23)cc1. The van der Waals surface area contributed by atoms with Gasteiger partial charge in [-0.05, 0) is 42.0 Å². The van der Waals surface area contributed by atoms with Gasteiger partial charge in [0.2, 0.25) is 0 Å². The molecule has 5 aromatic rings. The fraction of sp³-hybridized carbons (Fsp3) is 0.0769. The lowest BCUT2D eigenvalue weighted by molar-refractivity contribution is 0.103. The molecule has 0 aliphatic heterocycles. The Bertz CT molecular complexity index is 1460. The van der Waals surface area contributed by atoms with E-state index in [1.807, 2.05) is 42.5 Å². The van der Waals surface area contributed by atoms with E-state index in [2.05, 4.69) is 0 Å². The molecule has 0 aliphatic carbocycles. The van der Waals surface area contributed by atoms with Crippen molar-refractivity contribution >= 4 is 27.7 Å². The van der Waals surface area contributed by atoms with E-state index in [0.717, 1.165) is 5.56 Å². The van der Waals surface area contributed by atoms with Gasteiger partial charge in [0.15, 0.2) is 11.4 Å². The molecule has 0 spiro atoms. The molecule has 0 radical (unpaired) electrons. The molecule has 5 nitrogen and oxygen atoms in total. The maximum absolute atomic E-state index is 13.5. The topological polar surface area (TPSA) is 69.7 Å². The highest BCUT2D eigenvalue weighted by atomic mass is 16.5. The molecule has 0 saturated carbocycles. The second kappa shape index (κ2) is 7.61. The summed E-state index contributed by atoms with van der Waals surface area (Å²) in [5, 5.41) is 0.825. The normalized spacial score (nSPS) is 11.1. The molecule has 5 rings (SSSR count). The third-order valence-electron chi connectivity index (χ3n) is 5.31. The number of para-hydroxylation sites is 1. The zero-order valence-corrected chi connectivity index (χ0v) is 16.8. The highest BCUT2D eigenvalue weighted by molar-refractivity contribution is 6.19. The summed E-state index contributed by atoms with van der Waals surface area (Å²) in [4.78, 5) is 26.5. The van der Waals surface area contributed by atoms with Gasteiger partial charge in [-0.1, -0.05) is 42.5 Å². The molecule has 2 aromatic heterocycles. The minimum Gasteiger partial charge on any atom is -0.497 e. The van der Waals surface area contributed by atoms with Gasteiger partial charge in [-0.2, -0.15) is 0 Å². The summed E-state index contributed by atoms with van der Waals surface area (Å²) in [5.41, 5.74) is 1.85. The highest BCUT2D eigenvalue weighted by Crippen LogP contribution is 2.32. The van der Waals surface area contributed by atoms with E-state index in [-0.39, 0.29) is 16.7 Å². The Kier molecular flexibility index (Phi) is 4.64.